The lowest BCUT2D eigenvalue weighted by atomic mass is 10.1. The molecule has 0 aliphatic rings. The van der Waals surface area contributed by atoms with Gasteiger partial charge in [0.05, 0.1) is 26.5 Å². The van der Waals surface area contributed by atoms with Crippen LogP contribution < -0.4 is 19.1 Å². The van der Waals surface area contributed by atoms with Gasteiger partial charge in [0.2, 0.25) is 0 Å². The van der Waals surface area contributed by atoms with E-state index >= 15 is 0 Å². The van der Waals surface area contributed by atoms with Crippen molar-refractivity contribution in [2.24, 2.45) is 0 Å². The fourth-order valence-electron chi connectivity index (χ4n) is 3.45. The summed E-state index contributed by atoms with van der Waals surface area (Å²) in [6.07, 6.45) is 2.56. The van der Waals surface area contributed by atoms with Crippen molar-refractivity contribution in [2.75, 3.05) is 19.1 Å². The standard InChI is InChI=1S/C25H28BrN5O3/c1-5-17(2)34-25-28-24(23-27-14-22(26)31(23)29-25)30(15-18-6-10-20(32-3)11-7-18)16-19-8-12-21(33-4)13-9-19/h6-14,17H,5,15-16H2,1-4H3/t17-/m1/s1. The van der Waals surface area contributed by atoms with E-state index in [4.69, 9.17) is 19.2 Å². The first-order valence-corrected chi connectivity index (χ1v) is 11.9. The van der Waals surface area contributed by atoms with Crippen LogP contribution in [0.4, 0.5) is 5.82 Å². The molecule has 4 rings (SSSR count). The van der Waals surface area contributed by atoms with Gasteiger partial charge in [-0.15, -0.1) is 5.10 Å². The third kappa shape index (κ3) is 5.41. The van der Waals surface area contributed by atoms with Crippen LogP contribution in [0.3, 0.4) is 0 Å². The summed E-state index contributed by atoms with van der Waals surface area (Å²) in [5.74, 6) is 2.32. The number of imidazole rings is 1. The van der Waals surface area contributed by atoms with Crippen LogP contribution in [0.2, 0.25) is 0 Å². The molecule has 34 heavy (non-hydrogen) atoms. The maximum absolute atomic E-state index is 6.00. The van der Waals surface area contributed by atoms with E-state index in [0.29, 0.717) is 30.6 Å². The number of hydrogen-bond acceptors (Lipinski definition) is 7. The first-order valence-electron chi connectivity index (χ1n) is 11.1. The van der Waals surface area contributed by atoms with E-state index in [9.17, 15) is 0 Å². The molecule has 1 atom stereocenters. The first kappa shape index (κ1) is 23.8. The summed E-state index contributed by atoms with van der Waals surface area (Å²) in [5.41, 5.74) is 2.87. The summed E-state index contributed by atoms with van der Waals surface area (Å²) in [5, 5.41) is 4.54. The van der Waals surface area contributed by atoms with Crippen LogP contribution >= 0.6 is 15.9 Å². The minimum atomic E-state index is -0.00998. The van der Waals surface area contributed by atoms with Gasteiger partial charge in [-0.3, -0.25) is 0 Å². The number of fused-ring (bicyclic) bond motifs is 1. The van der Waals surface area contributed by atoms with Crippen LogP contribution in [0, 0.1) is 0 Å². The molecule has 0 spiro atoms. The molecule has 0 fully saturated rings. The molecule has 0 aliphatic heterocycles. The topological polar surface area (TPSA) is 74.0 Å². The van der Waals surface area contributed by atoms with Crippen LogP contribution in [0.5, 0.6) is 17.5 Å². The van der Waals surface area contributed by atoms with Crippen molar-refractivity contribution in [3.63, 3.8) is 0 Å². The highest BCUT2D eigenvalue weighted by atomic mass is 79.9. The highest BCUT2D eigenvalue weighted by molar-refractivity contribution is 9.10. The zero-order valence-corrected chi connectivity index (χ0v) is 21.3. The summed E-state index contributed by atoms with van der Waals surface area (Å²) < 4.78 is 19.1. The molecule has 2 aromatic carbocycles. The number of halogens is 1. The second kappa shape index (κ2) is 10.7. The Morgan fingerprint density at radius 1 is 0.941 bits per heavy atom. The number of nitrogens with zero attached hydrogens (tertiary/aromatic N) is 5. The number of ether oxygens (including phenoxy) is 3. The van der Waals surface area contributed by atoms with E-state index in [0.717, 1.165) is 33.6 Å². The number of hydrogen-bond donors (Lipinski definition) is 0. The summed E-state index contributed by atoms with van der Waals surface area (Å²) in [6, 6.07) is 16.4. The van der Waals surface area contributed by atoms with Crippen molar-refractivity contribution >= 4 is 27.4 Å². The molecular weight excluding hydrogens is 498 g/mol. The van der Waals surface area contributed by atoms with Crippen molar-refractivity contribution in [3.8, 4) is 17.5 Å². The Morgan fingerprint density at radius 3 is 2.00 bits per heavy atom. The smallest absolute Gasteiger partial charge is 0.336 e. The fraction of sp³-hybridized carbons (Fsp3) is 0.320. The molecule has 0 saturated heterocycles. The Morgan fingerprint density at radius 2 is 1.50 bits per heavy atom. The zero-order valence-electron chi connectivity index (χ0n) is 19.7. The first-order chi connectivity index (χ1) is 16.5. The van der Waals surface area contributed by atoms with E-state index in [2.05, 4.69) is 62.1 Å². The van der Waals surface area contributed by atoms with E-state index in [1.165, 1.54) is 0 Å². The summed E-state index contributed by atoms with van der Waals surface area (Å²) in [7, 11) is 3.33. The van der Waals surface area contributed by atoms with E-state index in [1.54, 1.807) is 24.9 Å². The third-order valence-corrected chi connectivity index (χ3v) is 6.07. The lowest BCUT2D eigenvalue weighted by Crippen LogP contribution is -2.25. The van der Waals surface area contributed by atoms with E-state index in [-0.39, 0.29) is 6.10 Å². The molecule has 178 valence electrons. The molecule has 0 aliphatic carbocycles. The molecule has 0 N–H and O–H groups in total. The molecule has 0 radical (unpaired) electrons. The van der Waals surface area contributed by atoms with Crippen LogP contribution in [0.15, 0.2) is 59.3 Å². The Balaban J connectivity index is 1.77. The normalized spacial score (nSPS) is 11.9. The van der Waals surface area contributed by atoms with Crippen molar-refractivity contribution in [3.05, 3.63) is 70.5 Å². The molecule has 0 saturated carbocycles. The number of rotatable bonds is 10. The summed E-state index contributed by atoms with van der Waals surface area (Å²) >= 11 is 3.54. The SMILES string of the molecule is CC[C@@H](C)Oc1nc(N(Cc2ccc(OC)cc2)Cc2ccc(OC)cc2)c2ncc(Br)n2n1. The van der Waals surface area contributed by atoms with E-state index < -0.39 is 0 Å². The van der Waals surface area contributed by atoms with Gasteiger partial charge < -0.3 is 19.1 Å². The molecule has 9 heteroatoms. The number of benzene rings is 2. The number of aromatic nitrogens is 4. The second-order valence-corrected chi connectivity index (χ2v) is 8.74. The molecular formula is C25H28BrN5O3. The molecule has 2 heterocycles. The molecule has 8 nitrogen and oxygen atoms in total. The molecule has 2 aromatic heterocycles. The molecule has 4 aromatic rings. The molecule has 0 amide bonds. The van der Waals surface area contributed by atoms with Crippen LogP contribution in [-0.4, -0.2) is 39.9 Å². The average Bonchev–Trinajstić information content (AvgIpc) is 3.24. The van der Waals surface area contributed by atoms with Gasteiger partial charge >= 0.3 is 6.01 Å². The van der Waals surface area contributed by atoms with Gasteiger partial charge in [0, 0.05) is 13.1 Å². The maximum atomic E-state index is 6.00. The third-order valence-electron chi connectivity index (χ3n) is 5.53. The van der Waals surface area contributed by atoms with Crippen LogP contribution in [0.1, 0.15) is 31.4 Å². The van der Waals surface area contributed by atoms with Gasteiger partial charge in [0.1, 0.15) is 16.1 Å². The highest BCUT2D eigenvalue weighted by Crippen LogP contribution is 2.28. The van der Waals surface area contributed by atoms with Gasteiger partial charge in [-0.1, -0.05) is 31.2 Å². The predicted molar refractivity (Wildman–Crippen MR) is 135 cm³/mol. The minimum Gasteiger partial charge on any atom is -0.497 e. The van der Waals surface area contributed by atoms with Gasteiger partial charge in [-0.05, 0) is 64.7 Å². The minimum absolute atomic E-state index is 0.00998. The molecule has 0 unspecified atom stereocenters. The predicted octanol–water partition coefficient (Wildman–Crippen LogP) is 5.29. The monoisotopic (exact) mass is 525 g/mol. The second-order valence-electron chi connectivity index (χ2n) is 7.92. The quantitative estimate of drug-likeness (QED) is 0.278. The van der Waals surface area contributed by atoms with Gasteiger partial charge in [0.15, 0.2) is 11.5 Å². The van der Waals surface area contributed by atoms with Crippen LogP contribution in [0.25, 0.3) is 5.65 Å². The Labute approximate surface area is 207 Å². The maximum Gasteiger partial charge on any atom is 0.336 e. The Hall–Kier alpha value is -3.33. The van der Waals surface area contributed by atoms with Gasteiger partial charge in [-0.25, -0.2) is 4.98 Å². The van der Waals surface area contributed by atoms with Crippen molar-refractivity contribution in [1.82, 2.24) is 19.6 Å². The lowest BCUT2D eigenvalue weighted by Gasteiger charge is -2.25. The number of methoxy groups -OCH3 is 2. The zero-order chi connectivity index (χ0) is 24.1. The molecule has 0 bridgehead atoms. The Bertz CT molecular complexity index is 1180. The summed E-state index contributed by atoms with van der Waals surface area (Å²) in [6.45, 7) is 5.28. The highest BCUT2D eigenvalue weighted by Gasteiger charge is 2.20. The van der Waals surface area contributed by atoms with Crippen molar-refractivity contribution in [2.45, 2.75) is 39.5 Å². The van der Waals surface area contributed by atoms with E-state index in [1.807, 2.05) is 31.2 Å². The van der Waals surface area contributed by atoms with Crippen molar-refractivity contribution in [1.29, 1.82) is 0 Å². The van der Waals surface area contributed by atoms with Crippen LogP contribution in [-0.2, 0) is 13.1 Å². The van der Waals surface area contributed by atoms with Gasteiger partial charge in [-0.2, -0.15) is 9.50 Å². The fourth-order valence-corrected chi connectivity index (χ4v) is 3.80. The average molecular weight is 526 g/mol. The van der Waals surface area contributed by atoms with Crippen molar-refractivity contribution < 1.29 is 14.2 Å². The Kier molecular flexibility index (Phi) is 7.52. The largest absolute Gasteiger partial charge is 0.497 e. The lowest BCUT2D eigenvalue weighted by molar-refractivity contribution is 0.196. The number of anilines is 1. The van der Waals surface area contributed by atoms with Gasteiger partial charge in [0.25, 0.3) is 0 Å². The summed E-state index contributed by atoms with van der Waals surface area (Å²) in [4.78, 5) is 11.5.